The van der Waals surface area contributed by atoms with Gasteiger partial charge >= 0.3 is 0 Å². The first-order chi connectivity index (χ1) is 13.6. The van der Waals surface area contributed by atoms with Crippen molar-refractivity contribution >= 4 is 17.5 Å². The van der Waals surface area contributed by atoms with Crippen LogP contribution in [0.1, 0.15) is 50.5 Å². The molecule has 3 fully saturated rings. The molecule has 6 nitrogen and oxygen atoms in total. The zero-order chi connectivity index (χ0) is 19.3. The molecule has 0 bridgehead atoms. The lowest BCUT2D eigenvalue weighted by Gasteiger charge is -2.41. The van der Waals surface area contributed by atoms with Crippen LogP contribution < -0.4 is 15.0 Å². The summed E-state index contributed by atoms with van der Waals surface area (Å²) in [7, 11) is 0. The van der Waals surface area contributed by atoms with Crippen LogP contribution in [0.25, 0.3) is 0 Å². The second-order valence-electron chi connectivity index (χ2n) is 8.81. The van der Waals surface area contributed by atoms with Gasteiger partial charge in [-0.2, -0.15) is 0 Å². The molecule has 1 saturated carbocycles. The van der Waals surface area contributed by atoms with E-state index in [0.717, 1.165) is 29.9 Å². The Bertz CT molecular complexity index is 795. The second kappa shape index (κ2) is 7.07. The minimum atomic E-state index is -0.286. The predicted molar refractivity (Wildman–Crippen MR) is 107 cm³/mol. The SMILES string of the molecule is CC1CCC1N1CCC(c2cccc3c2OCCN3C2CCC(=O)NC2=O)C1. The molecule has 1 aromatic carbocycles. The van der Waals surface area contributed by atoms with Crippen molar-refractivity contribution in [2.75, 3.05) is 31.1 Å². The molecule has 3 aliphatic heterocycles. The molecular formula is C22H29N3O3. The van der Waals surface area contributed by atoms with E-state index in [1.807, 2.05) is 0 Å². The summed E-state index contributed by atoms with van der Waals surface area (Å²) in [4.78, 5) is 28.8. The van der Waals surface area contributed by atoms with Gasteiger partial charge in [-0.25, -0.2) is 0 Å². The normalized spacial score (nSPS) is 33.1. The summed E-state index contributed by atoms with van der Waals surface area (Å²) in [5.41, 5.74) is 2.29. The molecule has 6 heteroatoms. The zero-order valence-electron chi connectivity index (χ0n) is 16.5. The minimum absolute atomic E-state index is 0.167. The van der Waals surface area contributed by atoms with Crippen molar-refractivity contribution < 1.29 is 14.3 Å². The number of anilines is 1. The molecule has 2 amide bonds. The molecular weight excluding hydrogens is 354 g/mol. The van der Waals surface area contributed by atoms with E-state index in [-0.39, 0.29) is 17.9 Å². The van der Waals surface area contributed by atoms with E-state index in [2.05, 4.69) is 40.2 Å². The fourth-order valence-electron chi connectivity index (χ4n) is 5.45. The maximum atomic E-state index is 12.4. The van der Waals surface area contributed by atoms with Crippen LogP contribution in [0, 0.1) is 5.92 Å². The largest absolute Gasteiger partial charge is 0.489 e. The number of hydrogen-bond donors (Lipinski definition) is 1. The summed E-state index contributed by atoms with van der Waals surface area (Å²) in [5, 5.41) is 2.50. The third-order valence-electron chi connectivity index (χ3n) is 7.20. The molecule has 4 unspecified atom stereocenters. The van der Waals surface area contributed by atoms with Gasteiger partial charge in [-0.3, -0.25) is 19.8 Å². The Morgan fingerprint density at radius 2 is 2.00 bits per heavy atom. The number of rotatable bonds is 3. The van der Waals surface area contributed by atoms with E-state index in [4.69, 9.17) is 4.74 Å². The van der Waals surface area contributed by atoms with Crippen molar-refractivity contribution in [3.05, 3.63) is 23.8 Å². The molecule has 0 spiro atoms. The Hall–Kier alpha value is -2.08. The van der Waals surface area contributed by atoms with Crippen molar-refractivity contribution in [2.24, 2.45) is 5.92 Å². The van der Waals surface area contributed by atoms with Crippen LogP contribution in [0.3, 0.4) is 0 Å². The molecule has 2 saturated heterocycles. The van der Waals surface area contributed by atoms with Gasteiger partial charge in [-0.1, -0.05) is 19.1 Å². The molecule has 3 heterocycles. The monoisotopic (exact) mass is 383 g/mol. The predicted octanol–water partition coefficient (Wildman–Crippen LogP) is 2.28. The number of carbonyl (C=O) groups is 2. The number of para-hydroxylation sites is 1. The topological polar surface area (TPSA) is 61.9 Å². The Balaban J connectivity index is 1.39. The number of nitrogens with one attached hydrogen (secondary N) is 1. The van der Waals surface area contributed by atoms with E-state index in [0.29, 0.717) is 31.9 Å². The van der Waals surface area contributed by atoms with Gasteiger partial charge in [0.1, 0.15) is 18.4 Å². The molecule has 4 atom stereocenters. The molecule has 1 N–H and O–H groups in total. The van der Waals surface area contributed by atoms with Gasteiger partial charge in [0, 0.05) is 30.5 Å². The summed E-state index contributed by atoms with van der Waals surface area (Å²) < 4.78 is 6.14. The van der Waals surface area contributed by atoms with Crippen molar-refractivity contribution in [3.8, 4) is 5.75 Å². The van der Waals surface area contributed by atoms with Gasteiger partial charge in [0.05, 0.1) is 12.2 Å². The highest BCUT2D eigenvalue weighted by Gasteiger charge is 2.39. The number of imide groups is 1. The summed E-state index contributed by atoms with van der Waals surface area (Å²) in [5.74, 6) is 1.92. The highest BCUT2D eigenvalue weighted by Crippen LogP contribution is 2.44. The van der Waals surface area contributed by atoms with Crippen LogP contribution in [-0.4, -0.2) is 55.0 Å². The first kappa shape index (κ1) is 18.0. The van der Waals surface area contributed by atoms with Crippen molar-refractivity contribution in [1.29, 1.82) is 0 Å². The third-order valence-corrected chi connectivity index (χ3v) is 7.20. The minimum Gasteiger partial charge on any atom is -0.489 e. The first-order valence-corrected chi connectivity index (χ1v) is 10.7. The molecule has 0 aromatic heterocycles. The maximum Gasteiger partial charge on any atom is 0.249 e. The smallest absolute Gasteiger partial charge is 0.249 e. The first-order valence-electron chi connectivity index (χ1n) is 10.7. The number of fused-ring (bicyclic) bond motifs is 1. The van der Waals surface area contributed by atoms with Crippen LogP contribution >= 0.6 is 0 Å². The van der Waals surface area contributed by atoms with Gasteiger partial charge in [0.2, 0.25) is 11.8 Å². The lowest BCUT2D eigenvalue weighted by Crippen LogP contribution is -2.54. The zero-order valence-corrected chi connectivity index (χ0v) is 16.5. The third kappa shape index (κ3) is 2.98. The number of carbonyl (C=O) groups excluding carboxylic acids is 2. The molecule has 0 radical (unpaired) electrons. The van der Waals surface area contributed by atoms with Crippen LogP contribution in [0.4, 0.5) is 5.69 Å². The van der Waals surface area contributed by atoms with Crippen LogP contribution in [-0.2, 0) is 9.59 Å². The van der Waals surface area contributed by atoms with Gasteiger partial charge < -0.3 is 9.64 Å². The van der Waals surface area contributed by atoms with E-state index < -0.39 is 0 Å². The average Bonchev–Trinajstić information content (AvgIpc) is 3.15. The molecule has 28 heavy (non-hydrogen) atoms. The number of piperidine rings is 1. The number of nitrogens with zero attached hydrogens (tertiary/aromatic N) is 2. The van der Waals surface area contributed by atoms with Gasteiger partial charge in [-0.05, 0) is 44.2 Å². The van der Waals surface area contributed by atoms with E-state index in [1.165, 1.54) is 31.4 Å². The molecule has 150 valence electrons. The van der Waals surface area contributed by atoms with Crippen LogP contribution in [0.5, 0.6) is 5.75 Å². The van der Waals surface area contributed by atoms with Gasteiger partial charge in [0.25, 0.3) is 0 Å². The molecule has 5 rings (SSSR count). The lowest BCUT2D eigenvalue weighted by molar-refractivity contribution is -0.134. The summed E-state index contributed by atoms with van der Waals surface area (Å²) >= 11 is 0. The van der Waals surface area contributed by atoms with Crippen molar-refractivity contribution in [1.82, 2.24) is 10.2 Å². The Kier molecular flexibility index (Phi) is 4.54. The fraction of sp³-hybridized carbons (Fsp3) is 0.636. The Morgan fingerprint density at radius 3 is 2.75 bits per heavy atom. The quantitative estimate of drug-likeness (QED) is 0.812. The number of ether oxygens (including phenoxy) is 1. The number of benzene rings is 1. The standard InChI is InChI=1S/C22H29N3O3/c1-14-5-6-17(14)24-10-9-15(13-24)16-3-2-4-18-21(16)28-12-11-25(18)19-7-8-20(26)23-22(19)27/h2-4,14-15,17,19H,5-13H2,1H3,(H,23,26,27). The van der Waals surface area contributed by atoms with E-state index in [1.54, 1.807) is 0 Å². The highest BCUT2D eigenvalue weighted by atomic mass is 16.5. The van der Waals surface area contributed by atoms with E-state index in [9.17, 15) is 9.59 Å². The number of amides is 2. The van der Waals surface area contributed by atoms with Gasteiger partial charge in [-0.15, -0.1) is 0 Å². The number of likely N-dealkylation sites (tertiary alicyclic amines) is 1. The van der Waals surface area contributed by atoms with E-state index >= 15 is 0 Å². The summed E-state index contributed by atoms with van der Waals surface area (Å²) in [6.45, 7) is 5.90. The Labute approximate surface area is 166 Å². The number of hydrogen-bond acceptors (Lipinski definition) is 5. The van der Waals surface area contributed by atoms with Crippen molar-refractivity contribution in [3.63, 3.8) is 0 Å². The van der Waals surface area contributed by atoms with Crippen LogP contribution in [0.2, 0.25) is 0 Å². The molecule has 1 aliphatic carbocycles. The summed E-state index contributed by atoms with van der Waals surface area (Å²) in [6, 6.07) is 6.82. The summed E-state index contributed by atoms with van der Waals surface area (Å²) in [6.07, 6.45) is 4.84. The fourth-order valence-corrected chi connectivity index (χ4v) is 5.45. The molecule has 1 aromatic rings. The maximum absolute atomic E-state index is 12.4. The average molecular weight is 383 g/mol. The second-order valence-corrected chi connectivity index (χ2v) is 8.81. The molecule has 4 aliphatic rings. The van der Waals surface area contributed by atoms with Gasteiger partial charge in [0.15, 0.2) is 0 Å². The highest BCUT2D eigenvalue weighted by molar-refractivity contribution is 6.01. The van der Waals surface area contributed by atoms with Crippen LogP contribution in [0.15, 0.2) is 18.2 Å². The lowest BCUT2D eigenvalue weighted by atomic mass is 9.80. The van der Waals surface area contributed by atoms with Crippen molar-refractivity contribution in [2.45, 2.75) is 57.0 Å². The Morgan fingerprint density at radius 1 is 1.11 bits per heavy atom.